The lowest BCUT2D eigenvalue weighted by atomic mass is 10.1. The highest BCUT2D eigenvalue weighted by Crippen LogP contribution is 2.28. The van der Waals surface area contributed by atoms with Crippen LogP contribution in [-0.2, 0) is 4.74 Å². The number of benzene rings is 1. The summed E-state index contributed by atoms with van der Waals surface area (Å²) < 4.78 is 11.4. The molecule has 2 rings (SSSR count). The van der Waals surface area contributed by atoms with Crippen molar-refractivity contribution in [2.24, 2.45) is 0 Å². The molecule has 1 aliphatic heterocycles. The number of nitrogen functional groups attached to an aromatic ring is 1. The van der Waals surface area contributed by atoms with E-state index in [9.17, 15) is 0 Å². The average molecular weight is 256 g/mol. The number of rotatable bonds is 3. The van der Waals surface area contributed by atoms with E-state index in [1.807, 2.05) is 13.0 Å². The maximum atomic E-state index is 5.97. The van der Waals surface area contributed by atoms with Crippen molar-refractivity contribution >= 4 is 17.3 Å². The van der Waals surface area contributed by atoms with Crippen LogP contribution in [0.1, 0.15) is 24.8 Å². The van der Waals surface area contributed by atoms with Crippen LogP contribution < -0.4 is 10.5 Å². The Balaban J connectivity index is 1.96. The lowest BCUT2D eigenvalue weighted by Crippen LogP contribution is -2.25. The lowest BCUT2D eigenvalue weighted by Gasteiger charge is -2.23. The Morgan fingerprint density at radius 3 is 3.00 bits per heavy atom. The summed E-state index contributed by atoms with van der Waals surface area (Å²) in [6, 6.07) is 3.61. The fourth-order valence-electron chi connectivity index (χ4n) is 1.96. The summed E-state index contributed by atoms with van der Waals surface area (Å²) >= 11 is 5.97. The van der Waals surface area contributed by atoms with Crippen molar-refractivity contribution in [1.29, 1.82) is 0 Å². The first-order valence-electron chi connectivity index (χ1n) is 5.97. The van der Waals surface area contributed by atoms with Crippen LogP contribution in [0.15, 0.2) is 12.1 Å². The van der Waals surface area contributed by atoms with Gasteiger partial charge in [0.1, 0.15) is 12.4 Å². The topological polar surface area (TPSA) is 44.5 Å². The lowest BCUT2D eigenvalue weighted by molar-refractivity contribution is -0.0111. The summed E-state index contributed by atoms with van der Waals surface area (Å²) in [4.78, 5) is 0. The van der Waals surface area contributed by atoms with E-state index in [0.717, 1.165) is 30.8 Å². The van der Waals surface area contributed by atoms with Crippen LogP contribution in [0.4, 0.5) is 5.69 Å². The summed E-state index contributed by atoms with van der Waals surface area (Å²) in [7, 11) is 0. The molecule has 0 aromatic heterocycles. The SMILES string of the molecule is Cc1cc(N)c(Cl)cc1OCC1CCCCO1. The number of anilines is 1. The van der Waals surface area contributed by atoms with E-state index in [1.54, 1.807) is 6.07 Å². The molecule has 4 heteroatoms. The number of ether oxygens (including phenoxy) is 2. The zero-order chi connectivity index (χ0) is 12.3. The first kappa shape index (κ1) is 12.5. The highest BCUT2D eigenvalue weighted by molar-refractivity contribution is 6.33. The second-order valence-electron chi connectivity index (χ2n) is 4.44. The summed E-state index contributed by atoms with van der Waals surface area (Å²) in [6.45, 7) is 3.39. The van der Waals surface area contributed by atoms with Gasteiger partial charge in [-0.1, -0.05) is 11.6 Å². The molecule has 0 amide bonds. The first-order chi connectivity index (χ1) is 8.16. The summed E-state index contributed by atoms with van der Waals surface area (Å²) in [5.74, 6) is 0.790. The molecule has 0 spiro atoms. The van der Waals surface area contributed by atoms with Crippen molar-refractivity contribution < 1.29 is 9.47 Å². The van der Waals surface area contributed by atoms with E-state index in [-0.39, 0.29) is 6.10 Å². The minimum absolute atomic E-state index is 0.208. The molecule has 1 aromatic rings. The largest absolute Gasteiger partial charge is 0.491 e. The summed E-state index contributed by atoms with van der Waals surface area (Å²) in [5.41, 5.74) is 7.31. The number of hydrogen-bond acceptors (Lipinski definition) is 3. The van der Waals surface area contributed by atoms with Gasteiger partial charge in [-0.3, -0.25) is 0 Å². The number of hydrogen-bond donors (Lipinski definition) is 1. The molecule has 0 saturated carbocycles. The van der Waals surface area contributed by atoms with Crippen LogP contribution in [0.2, 0.25) is 5.02 Å². The van der Waals surface area contributed by atoms with Gasteiger partial charge in [-0.25, -0.2) is 0 Å². The Morgan fingerprint density at radius 2 is 2.29 bits per heavy atom. The molecule has 2 N–H and O–H groups in total. The van der Waals surface area contributed by atoms with Crippen LogP contribution in [0.5, 0.6) is 5.75 Å². The summed E-state index contributed by atoms with van der Waals surface area (Å²) in [6.07, 6.45) is 3.65. The highest BCUT2D eigenvalue weighted by Gasteiger charge is 2.15. The van der Waals surface area contributed by atoms with Gasteiger partial charge in [0, 0.05) is 12.7 Å². The molecule has 1 atom stereocenters. The molecule has 0 aliphatic carbocycles. The average Bonchev–Trinajstić information content (AvgIpc) is 2.33. The van der Waals surface area contributed by atoms with Gasteiger partial charge in [0.2, 0.25) is 0 Å². The minimum Gasteiger partial charge on any atom is -0.491 e. The Labute approximate surface area is 107 Å². The van der Waals surface area contributed by atoms with Crippen LogP contribution in [0.3, 0.4) is 0 Å². The normalized spacial score (nSPS) is 20.2. The van der Waals surface area contributed by atoms with Crippen LogP contribution in [-0.4, -0.2) is 19.3 Å². The van der Waals surface area contributed by atoms with Gasteiger partial charge >= 0.3 is 0 Å². The molecule has 1 saturated heterocycles. The van der Waals surface area contributed by atoms with Gasteiger partial charge in [0.25, 0.3) is 0 Å². The third kappa shape index (κ3) is 3.27. The van der Waals surface area contributed by atoms with Gasteiger partial charge in [-0.05, 0) is 37.8 Å². The van der Waals surface area contributed by atoms with Gasteiger partial charge in [-0.15, -0.1) is 0 Å². The number of aryl methyl sites for hydroxylation is 1. The van der Waals surface area contributed by atoms with E-state index in [1.165, 1.54) is 6.42 Å². The minimum atomic E-state index is 0.208. The van der Waals surface area contributed by atoms with Crippen LogP contribution in [0.25, 0.3) is 0 Å². The van der Waals surface area contributed by atoms with E-state index >= 15 is 0 Å². The first-order valence-corrected chi connectivity index (χ1v) is 6.34. The third-order valence-corrected chi connectivity index (χ3v) is 3.32. The molecule has 0 bridgehead atoms. The smallest absolute Gasteiger partial charge is 0.123 e. The van der Waals surface area contributed by atoms with E-state index in [4.69, 9.17) is 26.8 Å². The molecule has 1 heterocycles. The van der Waals surface area contributed by atoms with Crippen molar-refractivity contribution in [3.8, 4) is 5.75 Å². The fraction of sp³-hybridized carbons (Fsp3) is 0.538. The van der Waals surface area contributed by atoms with Crippen molar-refractivity contribution in [1.82, 2.24) is 0 Å². The van der Waals surface area contributed by atoms with E-state index in [0.29, 0.717) is 17.3 Å². The molecule has 1 unspecified atom stereocenters. The molecule has 94 valence electrons. The third-order valence-electron chi connectivity index (χ3n) is 2.99. The maximum absolute atomic E-state index is 5.97. The molecular weight excluding hydrogens is 238 g/mol. The zero-order valence-corrected chi connectivity index (χ0v) is 10.8. The van der Waals surface area contributed by atoms with Crippen molar-refractivity contribution in [3.05, 3.63) is 22.7 Å². The Hall–Kier alpha value is -0.930. The fourth-order valence-corrected chi connectivity index (χ4v) is 2.12. The second-order valence-corrected chi connectivity index (χ2v) is 4.85. The summed E-state index contributed by atoms with van der Waals surface area (Å²) in [5, 5.41) is 0.537. The Kier molecular flexibility index (Phi) is 4.13. The zero-order valence-electron chi connectivity index (χ0n) is 10.0. The van der Waals surface area contributed by atoms with E-state index in [2.05, 4.69) is 0 Å². The predicted octanol–water partition coefficient (Wildman–Crippen LogP) is 3.18. The monoisotopic (exact) mass is 255 g/mol. The van der Waals surface area contributed by atoms with Crippen molar-refractivity contribution in [3.63, 3.8) is 0 Å². The Morgan fingerprint density at radius 1 is 1.47 bits per heavy atom. The second kappa shape index (κ2) is 5.61. The quantitative estimate of drug-likeness (QED) is 0.844. The van der Waals surface area contributed by atoms with Gasteiger partial charge in [-0.2, -0.15) is 0 Å². The molecule has 17 heavy (non-hydrogen) atoms. The molecule has 1 aliphatic rings. The molecule has 1 aromatic carbocycles. The number of nitrogens with two attached hydrogens (primary N) is 1. The van der Waals surface area contributed by atoms with E-state index < -0.39 is 0 Å². The van der Waals surface area contributed by atoms with Crippen LogP contribution in [0, 0.1) is 6.92 Å². The standard InChI is InChI=1S/C13H18ClNO2/c1-9-6-12(15)11(14)7-13(9)17-8-10-4-2-3-5-16-10/h6-7,10H,2-5,8,15H2,1H3. The molecule has 3 nitrogen and oxygen atoms in total. The van der Waals surface area contributed by atoms with Gasteiger partial charge in [0.15, 0.2) is 0 Å². The van der Waals surface area contributed by atoms with Crippen LogP contribution >= 0.6 is 11.6 Å². The van der Waals surface area contributed by atoms with Gasteiger partial charge in [0.05, 0.1) is 16.8 Å². The highest BCUT2D eigenvalue weighted by atomic mass is 35.5. The predicted molar refractivity (Wildman–Crippen MR) is 69.7 cm³/mol. The van der Waals surface area contributed by atoms with Gasteiger partial charge < -0.3 is 15.2 Å². The van der Waals surface area contributed by atoms with Crippen molar-refractivity contribution in [2.75, 3.05) is 18.9 Å². The molecule has 0 radical (unpaired) electrons. The Bertz CT molecular complexity index is 389. The molecule has 1 fully saturated rings. The maximum Gasteiger partial charge on any atom is 0.123 e. The number of halogens is 1. The van der Waals surface area contributed by atoms with Crippen molar-refractivity contribution in [2.45, 2.75) is 32.3 Å². The molecular formula is C13H18ClNO2.